The largest absolute Gasteiger partial charge is 0.370 e. The fourth-order valence-electron chi connectivity index (χ4n) is 4.02. The Labute approximate surface area is 139 Å². The Balaban J connectivity index is 2.00. The summed E-state index contributed by atoms with van der Waals surface area (Å²) in [6.45, 7) is 11.8. The second kappa shape index (κ2) is 4.83. The number of anilines is 1. The van der Waals surface area contributed by atoms with Gasteiger partial charge < -0.3 is 4.90 Å². The van der Waals surface area contributed by atoms with E-state index in [0.717, 1.165) is 18.8 Å². The number of aromatic nitrogens is 1. The van der Waals surface area contributed by atoms with Gasteiger partial charge in [-0.25, -0.2) is 0 Å². The van der Waals surface area contributed by atoms with Gasteiger partial charge in [0.1, 0.15) is 0 Å². The van der Waals surface area contributed by atoms with E-state index in [1.807, 2.05) is 0 Å². The van der Waals surface area contributed by atoms with Crippen LogP contribution in [0.5, 0.6) is 0 Å². The summed E-state index contributed by atoms with van der Waals surface area (Å²) in [6, 6.07) is 13.0. The molecule has 0 radical (unpaired) electrons. The second-order valence-corrected chi connectivity index (χ2v) is 8.37. The van der Waals surface area contributed by atoms with Gasteiger partial charge in [0.2, 0.25) is 0 Å². The molecular formula is C21H26N2. The summed E-state index contributed by atoms with van der Waals surface area (Å²) in [5.41, 5.74) is 6.94. The summed E-state index contributed by atoms with van der Waals surface area (Å²) < 4.78 is 0. The molecule has 0 N–H and O–H groups in total. The molecule has 2 nitrogen and oxygen atoms in total. The van der Waals surface area contributed by atoms with Crippen LogP contribution < -0.4 is 4.90 Å². The van der Waals surface area contributed by atoms with Crippen molar-refractivity contribution in [2.45, 2.75) is 51.4 Å². The molecule has 1 aromatic carbocycles. The topological polar surface area (TPSA) is 16.1 Å². The second-order valence-electron chi connectivity index (χ2n) is 8.37. The number of hydrogen-bond acceptors (Lipinski definition) is 2. The third-order valence-corrected chi connectivity index (χ3v) is 5.76. The maximum Gasteiger partial charge on any atom is 0.0710 e. The van der Waals surface area contributed by atoms with E-state index in [4.69, 9.17) is 4.98 Å². The van der Waals surface area contributed by atoms with Gasteiger partial charge in [-0.2, -0.15) is 0 Å². The first-order chi connectivity index (χ1) is 10.9. The van der Waals surface area contributed by atoms with Crippen molar-refractivity contribution in [3.8, 4) is 11.3 Å². The average molecular weight is 306 g/mol. The van der Waals surface area contributed by atoms with Crippen molar-refractivity contribution in [2.75, 3.05) is 18.0 Å². The first-order valence-corrected chi connectivity index (χ1v) is 8.75. The van der Waals surface area contributed by atoms with Crippen LogP contribution in [0, 0.1) is 0 Å². The Hall–Kier alpha value is -1.83. The van der Waals surface area contributed by atoms with E-state index in [-0.39, 0.29) is 10.8 Å². The molecule has 0 saturated heterocycles. The van der Waals surface area contributed by atoms with Gasteiger partial charge in [0.15, 0.2) is 0 Å². The van der Waals surface area contributed by atoms with Crippen molar-refractivity contribution in [3.05, 3.63) is 47.7 Å². The van der Waals surface area contributed by atoms with Crippen LogP contribution in [0.2, 0.25) is 0 Å². The van der Waals surface area contributed by atoms with Crippen molar-refractivity contribution in [1.82, 2.24) is 4.98 Å². The Morgan fingerprint density at radius 2 is 1.57 bits per heavy atom. The number of hydrogen-bond donors (Lipinski definition) is 0. The van der Waals surface area contributed by atoms with E-state index in [9.17, 15) is 0 Å². The van der Waals surface area contributed by atoms with Crippen LogP contribution in [-0.4, -0.2) is 18.1 Å². The maximum atomic E-state index is 5.15. The van der Waals surface area contributed by atoms with Crippen LogP contribution in [0.4, 0.5) is 5.69 Å². The minimum atomic E-state index is 0.152. The molecule has 1 aromatic heterocycles. The molecule has 0 amide bonds. The van der Waals surface area contributed by atoms with Gasteiger partial charge in [-0.3, -0.25) is 4.98 Å². The predicted octanol–water partition coefficient (Wildman–Crippen LogP) is 4.92. The van der Waals surface area contributed by atoms with Crippen LogP contribution in [0.25, 0.3) is 11.3 Å². The van der Waals surface area contributed by atoms with E-state index in [1.165, 1.54) is 35.3 Å². The van der Waals surface area contributed by atoms with Crippen molar-refractivity contribution in [2.24, 2.45) is 0 Å². The summed E-state index contributed by atoms with van der Waals surface area (Å²) >= 11 is 0. The van der Waals surface area contributed by atoms with Crippen LogP contribution in [0.1, 0.15) is 51.8 Å². The highest BCUT2D eigenvalue weighted by Crippen LogP contribution is 2.49. The Morgan fingerprint density at radius 3 is 2.26 bits per heavy atom. The van der Waals surface area contributed by atoms with Crippen molar-refractivity contribution >= 4 is 5.69 Å². The van der Waals surface area contributed by atoms with Gasteiger partial charge in [0.05, 0.1) is 17.1 Å². The standard InChI is InChI=1S/C21H26N2/c1-20(2)10-12-23-13-11-21(3,4)19-18(23)16(20)14-17(22-19)15-8-6-5-7-9-15/h5-9,14H,10-13H2,1-4H3. The summed E-state index contributed by atoms with van der Waals surface area (Å²) in [6.07, 6.45) is 2.41. The highest BCUT2D eigenvalue weighted by molar-refractivity contribution is 5.71. The van der Waals surface area contributed by atoms with Gasteiger partial charge in [-0.1, -0.05) is 58.0 Å². The van der Waals surface area contributed by atoms with Crippen LogP contribution in [-0.2, 0) is 10.8 Å². The van der Waals surface area contributed by atoms with Crippen molar-refractivity contribution in [1.29, 1.82) is 0 Å². The molecule has 0 atom stereocenters. The molecule has 120 valence electrons. The van der Waals surface area contributed by atoms with Crippen LogP contribution >= 0.6 is 0 Å². The number of rotatable bonds is 1. The Morgan fingerprint density at radius 1 is 0.913 bits per heavy atom. The van der Waals surface area contributed by atoms with Gasteiger partial charge in [-0.15, -0.1) is 0 Å². The molecule has 0 unspecified atom stereocenters. The molecule has 0 saturated carbocycles. The molecule has 2 aromatic rings. The molecule has 23 heavy (non-hydrogen) atoms. The number of benzene rings is 1. The fourth-order valence-corrected chi connectivity index (χ4v) is 4.02. The SMILES string of the molecule is CC1(C)CCN2CCC(C)(C)c3nc(-c4ccccc4)cc1c32. The van der Waals surface area contributed by atoms with E-state index >= 15 is 0 Å². The lowest BCUT2D eigenvalue weighted by molar-refractivity contribution is 0.393. The van der Waals surface area contributed by atoms with Crippen molar-refractivity contribution < 1.29 is 0 Å². The zero-order chi connectivity index (χ0) is 16.2. The third kappa shape index (κ3) is 2.27. The lowest BCUT2D eigenvalue weighted by Crippen LogP contribution is -2.45. The molecule has 4 rings (SSSR count). The summed E-state index contributed by atoms with van der Waals surface area (Å²) in [5, 5.41) is 0. The first-order valence-electron chi connectivity index (χ1n) is 8.75. The smallest absolute Gasteiger partial charge is 0.0710 e. The van der Waals surface area contributed by atoms with E-state index in [2.05, 4.69) is 69.0 Å². The van der Waals surface area contributed by atoms with Gasteiger partial charge in [0, 0.05) is 24.1 Å². The molecule has 2 aliphatic heterocycles. The monoisotopic (exact) mass is 306 g/mol. The van der Waals surface area contributed by atoms with E-state index in [1.54, 1.807) is 0 Å². The zero-order valence-electron chi connectivity index (χ0n) is 14.7. The molecule has 0 spiro atoms. The summed E-state index contributed by atoms with van der Waals surface area (Å²) in [5.74, 6) is 0. The van der Waals surface area contributed by atoms with Crippen molar-refractivity contribution in [3.63, 3.8) is 0 Å². The lowest BCUT2D eigenvalue weighted by atomic mass is 9.71. The number of pyridine rings is 1. The molecule has 3 heterocycles. The molecule has 0 fully saturated rings. The number of nitrogens with zero attached hydrogens (tertiary/aromatic N) is 2. The predicted molar refractivity (Wildman–Crippen MR) is 97.2 cm³/mol. The maximum absolute atomic E-state index is 5.15. The summed E-state index contributed by atoms with van der Waals surface area (Å²) in [4.78, 5) is 7.73. The average Bonchev–Trinajstić information content (AvgIpc) is 2.53. The highest BCUT2D eigenvalue weighted by atomic mass is 15.2. The zero-order valence-corrected chi connectivity index (χ0v) is 14.7. The lowest BCUT2D eigenvalue weighted by Gasteiger charge is -2.47. The molecule has 2 heteroatoms. The minimum Gasteiger partial charge on any atom is -0.370 e. The highest BCUT2D eigenvalue weighted by Gasteiger charge is 2.41. The molecule has 0 bridgehead atoms. The molecule has 2 aliphatic rings. The van der Waals surface area contributed by atoms with Gasteiger partial charge in [-0.05, 0) is 29.9 Å². The first kappa shape index (κ1) is 14.7. The Kier molecular flexibility index (Phi) is 3.10. The third-order valence-electron chi connectivity index (χ3n) is 5.76. The molecule has 0 aliphatic carbocycles. The Bertz CT molecular complexity index is 703. The quantitative estimate of drug-likeness (QED) is 0.743. The minimum absolute atomic E-state index is 0.152. The normalized spacial score (nSPS) is 21.0. The summed E-state index contributed by atoms with van der Waals surface area (Å²) in [7, 11) is 0. The van der Waals surface area contributed by atoms with Crippen LogP contribution in [0.3, 0.4) is 0 Å². The molecular weight excluding hydrogens is 280 g/mol. The fraction of sp³-hybridized carbons (Fsp3) is 0.476. The van der Waals surface area contributed by atoms with E-state index in [0.29, 0.717) is 0 Å². The van der Waals surface area contributed by atoms with Crippen LogP contribution in [0.15, 0.2) is 36.4 Å². The van der Waals surface area contributed by atoms with Gasteiger partial charge in [0.25, 0.3) is 0 Å². The van der Waals surface area contributed by atoms with E-state index < -0.39 is 0 Å². The van der Waals surface area contributed by atoms with Gasteiger partial charge >= 0.3 is 0 Å².